The number of thiol groups is 1. The molecule has 1 amide bonds. The Labute approximate surface area is 95.1 Å². The molecule has 0 aromatic rings. The predicted octanol–water partition coefficient (Wildman–Crippen LogP) is 2.62. The van der Waals surface area contributed by atoms with E-state index in [0.717, 1.165) is 24.3 Å². The van der Waals surface area contributed by atoms with E-state index in [4.69, 9.17) is 0 Å². The summed E-state index contributed by atoms with van der Waals surface area (Å²) in [7, 11) is 0. The molecular formula is C9H17NO4S. The van der Waals surface area contributed by atoms with Gasteiger partial charge in [-0.3, -0.25) is 4.79 Å². The molecule has 88 valence electrons. The van der Waals surface area contributed by atoms with Crippen molar-refractivity contribution in [3.05, 3.63) is 0 Å². The van der Waals surface area contributed by atoms with Gasteiger partial charge >= 0.3 is 11.4 Å². The topological polar surface area (TPSA) is 55.8 Å². The number of nitrogens with zero attached hydrogens (tertiary/aromatic N) is 1. The highest BCUT2D eigenvalue weighted by Gasteiger charge is 2.15. The number of rotatable bonds is 5. The smallest absolute Gasteiger partial charge is 0.433 e. The van der Waals surface area contributed by atoms with Crippen molar-refractivity contribution < 1.29 is 19.2 Å². The highest BCUT2D eigenvalue weighted by Crippen LogP contribution is 2.04. The van der Waals surface area contributed by atoms with Crippen LogP contribution in [0.3, 0.4) is 0 Å². The van der Waals surface area contributed by atoms with Gasteiger partial charge in [0.15, 0.2) is 0 Å². The van der Waals surface area contributed by atoms with Gasteiger partial charge in [-0.1, -0.05) is 32.4 Å². The number of carbonyl (C=O) groups excluding carboxylic acids is 2. The van der Waals surface area contributed by atoms with Gasteiger partial charge in [0.25, 0.3) is 0 Å². The van der Waals surface area contributed by atoms with E-state index in [2.05, 4.69) is 22.2 Å². The molecule has 0 N–H and O–H groups in total. The molecular weight excluding hydrogens is 218 g/mol. The van der Waals surface area contributed by atoms with Crippen molar-refractivity contribution in [3.63, 3.8) is 0 Å². The first-order valence-corrected chi connectivity index (χ1v) is 5.41. The minimum absolute atomic E-state index is 0.211. The van der Waals surface area contributed by atoms with Crippen LogP contribution in [0, 0.1) is 0 Å². The maximum Gasteiger partial charge on any atom is 0.533 e. The average molecular weight is 235 g/mol. The van der Waals surface area contributed by atoms with Crippen LogP contribution < -0.4 is 0 Å². The molecule has 0 aliphatic heterocycles. The Morgan fingerprint density at radius 1 is 1.27 bits per heavy atom. The summed E-state index contributed by atoms with van der Waals surface area (Å²) in [4.78, 5) is 26.5. The van der Waals surface area contributed by atoms with E-state index in [1.807, 2.05) is 6.92 Å². The van der Waals surface area contributed by atoms with Gasteiger partial charge in [-0.2, -0.15) is 5.06 Å². The molecule has 0 heterocycles. The third-order valence-electron chi connectivity index (χ3n) is 1.63. The van der Waals surface area contributed by atoms with E-state index in [0.29, 0.717) is 6.54 Å². The van der Waals surface area contributed by atoms with Crippen molar-refractivity contribution in [2.75, 3.05) is 13.2 Å². The largest absolute Gasteiger partial charge is 0.533 e. The monoisotopic (exact) mass is 235 g/mol. The number of unbranched alkanes of at least 4 members (excludes halogenated alkanes) is 2. The van der Waals surface area contributed by atoms with Crippen LogP contribution in [-0.2, 0) is 9.57 Å². The fourth-order valence-corrected chi connectivity index (χ4v) is 1.06. The van der Waals surface area contributed by atoms with E-state index < -0.39 is 11.4 Å². The third-order valence-corrected chi connectivity index (χ3v) is 1.85. The molecule has 0 saturated carbocycles. The van der Waals surface area contributed by atoms with E-state index in [1.165, 1.54) is 0 Å². The zero-order chi connectivity index (χ0) is 11.7. The highest BCUT2D eigenvalue weighted by atomic mass is 32.1. The van der Waals surface area contributed by atoms with Gasteiger partial charge in [0.1, 0.15) is 0 Å². The lowest BCUT2D eigenvalue weighted by molar-refractivity contribution is -0.0840. The number of hydrogen-bond donors (Lipinski definition) is 1. The van der Waals surface area contributed by atoms with E-state index >= 15 is 0 Å². The Hall–Kier alpha value is -0.910. The Morgan fingerprint density at radius 2 is 1.93 bits per heavy atom. The lowest BCUT2D eigenvalue weighted by atomic mass is 10.2. The number of amides is 1. The molecule has 0 spiro atoms. The van der Waals surface area contributed by atoms with Crippen LogP contribution in [0.5, 0.6) is 0 Å². The minimum Gasteiger partial charge on any atom is -0.433 e. The maximum atomic E-state index is 10.9. The molecule has 0 fully saturated rings. The molecule has 0 radical (unpaired) electrons. The first-order chi connectivity index (χ1) is 7.11. The first kappa shape index (κ1) is 14.1. The van der Waals surface area contributed by atoms with Crippen LogP contribution in [0.4, 0.5) is 9.59 Å². The van der Waals surface area contributed by atoms with Crippen molar-refractivity contribution in [2.45, 2.75) is 33.1 Å². The fourth-order valence-electron chi connectivity index (χ4n) is 0.920. The molecule has 0 unspecified atom stereocenters. The summed E-state index contributed by atoms with van der Waals surface area (Å²) in [5, 5.41) is 0.302. The highest BCUT2D eigenvalue weighted by molar-refractivity contribution is 7.96. The van der Waals surface area contributed by atoms with Gasteiger partial charge in [0.05, 0.1) is 13.2 Å². The van der Waals surface area contributed by atoms with Crippen molar-refractivity contribution in [3.8, 4) is 0 Å². The first-order valence-electron chi connectivity index (χ1n) is 4.97. The van der Waals surface area contributed by atoms with Gasteiger partial charge in [0.2, 0.25) is 0 Å². The molecule has 0 rings (SSSR count). The Bertz CT molecular complexity index is 210. The lowest BCUT2D eigenvalue weighted by Gasteiger charge is -2.17. The average Bonchev–Trinajstić information content (AvgIpc) is 2.16. The van der Waals surface area contributed by atoms with Gasteiger partial charge in [-0.25, -0.2) is 4.79 Å². The summed E-state index contributed by atoms with van der Waals surface area (Å²) >= 11 is 3.59. The Morgan fingerprint density at radius 3 is 2.40 bits per heavy atom. The van der Waals surface area contributed by atoms with Gasteiger partial charge in [-0.05, 0) is 13.3 Å². The summed E-state index contributed by atoms with van der Waals surface area (Å²) in [5.74, 6) is 0. The summed E-state index contributed by atoms with van der Waals surface area (Å²) in [6.07, 6.45) is 1.87. The predicted molar refractivity (Wildman–Crippen MR) is 58.7 cm³/mol. The molecule has 0 aliphatic rings. The van der Waals surface area contributed by atoms with Crippen molar-refractivity contribution in [1.82, 2.24) is 5.06 Å². The van der Waals surface area contributed by atoms with Crippen LogP contribution in [0.25, 0.3) is 0 Å². The second kappa shape index (κ2) is 8.40. The summed E-state index contributed by atoms with van der Waals surface area (Å²) in [5.41, 5.74) is 0. The summed E-state index contributed by atoms with van der Waals surface area (Å²) < 4.78 is 4.54. The molecule has 15 heavy (non-hydrogen) atoms. The van der Waals surface area contributed by atoms with Crippen LogP contribution in [0.15, 0.2) is 0 Å². The molecule has 0 atom stereocenters. The van der Waals surface area contributed by atoms with Crippen LogP contribution >= 0.6 is 12.6 Å². The number of ether oxygens (including phenoxy) is 1. The number of hydrogen-bond acceptors (Lipinski definition) is 4. The van der Waals surface area contributed by atoms with Gasteiger partial charge in [0, 0.05) is 0 Å². The SMILES string of the molecule is CCCCCN(OC(=O)OCC)C(=O)S. The van der Waals surface area contributed by atoms with Crippen molar-refractivity contribution in [2.24, 2.45) is 0 Å². The van der Waals surface area contributed by atoms with E-state index in [9.17, 15) is 9.59 Å². The van der Waals surface area contributed by atoms with Crippen molar-refractivity contribution in [1.29, 1.82) is 0 Å². The van der Waals surface area contributed by atoms with Crippen LogP contribution in [0.1, 0.15) is 33.1 Å². The zero-order valence-electron chi connectivity index (χ0n) is 9.06. The van der Waals surface area contributed by atoms with Gasteiger partial charge in [-0.15, -0.1) is 0 Å². The van der Waals surface area contributed by atoms with E-state index in [1.54, 1.807) is 6.92 Å². The standard InChI is InChI=1S/C9H17NO4S/c1-3-5-6-7-10(8(11)15)14-9(12)13-4-2/h3-7H2,1-2H3,(H,11,15). The molecule has 0 aliphatic carbocycles. The van der Waals surface area contributed by atoms with Crippen molar-refractivity contribution >= 4 is 24.0 Å². The second-order valence-corrected chi connectivity index (χ2v) is 3.25. The van der Waals surface area contributed by atoms with Crippen LogP contribution in [-0.4, -0.2) is 29.6 Å². The van der Waals surface area contributed by atoms with Crippen LogP contribution in [0.2, 0.25) is 0 Å². The molecule has 6 heteroatoms. The number of carbonyl (C=O) groups is 2. The zero-order valence-corrected chi connectivity index (χ0v) is 9.96. The quantitative estimate of drug-likeness (QED) is 0.344. The Kier molecular flexibility index (Phi) is 7.89. The summed E-state index contributed by atoms with van der Waals surface area (Å²) in [6, 6.07) is 0. The summed E-state index contributed by atoms with van der Waals surface area (Å²) in [6.45, 7) is 4.25. The fraction of sp³-hybridized carbons (Fsp3) is 0.778. The third kappa shape index (κ3) is 7.07. The number of hydroxylamine groups is 2. The maximum absolute atomic E-state index is 10.9. The second-order valence-electron chi connectivity index (χ2n) is 2.87. The molecule has 0 saturated heterocycles. The molecule has 0 aromatic carbocycles. The molecule has 0 aromatic heterocycles. The molecule has 0 bridgehead atoms. The Balaban J connectivity index is 3.93. The normalized spacial score (nSPS) is 9.53. The van der Waals surface area contributed by atoms with E-state index in [-0.39, 0.29) is 6.61 Å². The minimum atomic E-state index is -0.878. The lowest BCUT2D eigenvalue weighted by Crippen LogP contribution is -2.31. The molecule has 5 nitrogen and oxygen atoms in total. The van der Waals surface area contributed by atoms with Gasteiger partial charge < -0.3 is 9.57 Å².